The van der Waals surface area contributed by atoms with Crippen LogP contribution in [-0.4, -0.2) is 115 Å². The molecule has 0 saturated carbocycles. The van der Waals surface area contributed by atoms with Crippen molar-refractivity contribution in [3.05, 3.63) is 93.8 Å². The number of piperidine rings is 2. The molecule has 1 N–H and O–H groups in total. The third-order valence-electron chi connectivity index (χ3n) is 13.3. The van der Waals surface area contributed by atoms with Gasteiger partial charge >= 0.3 is 0 Å². The summed E-state index contributed by atoms with van der Waals surface area (Å²) >= 11 is 6.39. The zero-order valence-electron chi connectivity index (χ0n) is 31.8. The van der Waals surface area contributed by atoms with Crippen molar-refractivity contribution < 1.29 is 19.2 Å². The number of anilines is 3. The molecule has 0 aliphatic carbocycles. The Morgan fingerprint density at radius 3 is 2.27 bits per heavy atom. The summed E-state index contributed by atoms with van der Waals surface area (Å²) < 4.78 is 0. The zero-order valence-corrected chi connectivity index (χ0v) is 32.5. The number of hydrogen-bond donors (Lipinski definition) is 1. The van der Waals surface area contributed by atoms with Crippen molar-refractivity contribution >= 4 is 58.0 Å². The largest absolute Gasteiger partial charge is 0.371 e. The minimum Gasteiger partial charge on any atom is -0.371 e. The summed E-state index contributed by atoms with van der Waals surface area (Å²) in [7, 11) is 0. The topological polar surface area (TPSA) is 104 Å². The van der Waals surface area contributed by atoms with Crippen LogP contribution in [0.15, 0.2) is 60.7 Å². The third-order valence-corrected chi connectivity index (χ3v) is 13.6. The molecule has 12 nitrogen and oxygen atoms in total. The smallest absolute Gasteiger partial charge is 0.255 e. The van der Waals surface area contributed by atoms with E-state index in [4.69, 9.17) is 18.2 Å². The number of benzene rings is 3. The molecule has 3 aromatic carbocycles. The van der Waals surface area contributed by atoms with E-state index in [0.717, 1.165) is 87.6 Å². The maximum atomic E-state index is 13.6. The molecule has 0 bridgehead atoms. The molecule has 0 radical (unpaired) electrons. The first-order chi connectivity index (χ1) is 27.1. The van der Waals surface area contributed by atoms with Gasteiger partial charge in [0, 0.05) is 117 Å². The number of hydrogen-bond acceptors (Lipinski definition) is 8. The Balaban J connectivity index is 0.733. The van der Waals surface area contributed by atoms with Crippen LogP contribution in [0.1, 0.15) is 65.3 Å². The Morgan fingerprint density at radius 1 is 0.857 bits per heavy atom. The van der Waals surface area contributed by atoms with Crippen LogP contribution >= 0.6 is 11.6 Å². The van der Waals surface area contributed by atoms with E-state index in [-0.39, 0.29) is 29.6 Å². The van der Waals surface area contributed by atoms with Crippen LogP contribution < -0.4 is 20.0 Å². The van der Waals surface area contributed by atoms with Gasteiger partial charge in [-0.15, -0.1) is 0 Å². The number of fused-ring (bicyclic) bond motifs is 1. The molecule has 2 unspecified atom stereocenters. The minimum atomic E-state index is -0.610. The fourth-order valence-electron chi connectivity index (χ4n) is 9.97. The number of nitrogens with zero attached hydrogens (tertiary/aromatic N) is 7. The molecular weight excluding hydrogens is 728 g/mol. The molecule has 5 fully saturated rings. The molecule has 6 aliphatic heterocycles. The molecular formula is C43H47ClN8O4. The quantitative estimate of drug-likeness (QED) is 0.270. The first-order valence-electron chi connectivity index (χ1n) is 19.9. The normalized spacial score (nSPS) is 24.0. The number of piperazine rings is 1. The fourth-order valence-corrected chi connectivity index (χ4v) is 10.2. The molecule has 3 aromatic rings. The summed E-state index contributed by atoms with van der Waals surface area (Å²) in [5.74, 6) is -0.737. The monoisotopic (exact) mass is 774 g/mol. The van der Waals surface area contributed by atoms with E-state index in [1.807, 2.05) is 47.4 Å². The van der Waals surface area contributed by atoms with E-state index in [2.05, 4.69) is 54.9 Å². The zero-order chi connectivity index (χ0) is 38.7. The number of imide groups is 1. The minimum absolute atomic E-state index is 0.0904. The number of amides is 4. The lowest BCUT2D eigenvalue weighted by molar-refractivity contribution is -0.136. The predicted molar refractivity (Wildman–Crippen MR) is 215 cm³/mol. The number of rotatable bonds is 6. The van der Waals surface area contributed by atoms with E-state index in [1.54, 1.807) is 4.90 Å². The van der Waals surface area contributed by atoms with Crippen LogP contribution in [-0.2, 0) is 16.1 Å². The SMILES string of the molecule is [C-]#[N+]c1ccc(N2CC3(CCN(c4ccc(C(=O)N5CCN(C6CN(c7ccc8c(c7)CN(C7CCC(=O)NC7=O)C8=O)C6)CC5)cc4)CC3)CC2C)cc1Cl. The Labute approximate surface area is 332 Å². The Hall–Kier alpha value is -5.12. The number of nitrogens with one attached hydrogen (secondary N) is 1. The molecule has 6 aliphatic rings. The summed E-state index contributed by atoms with van der Waals surface area (Å²) in [6.45, 7) is 17.8. The lowest BCUT2D eigenvalue weighted by Crippen LogP contribution is -2.63. The molecule has 1 spiro atoms. The average molecular weight is 775 g/mol. The Bertz CT molecular complexity index is 2110. The van der Waals surface area contributed by atoms with Crippen molar-refractivity contribution in [1.29, 1.82) is 0 Å². The first-order valence-corrected chi connectivity index (χ1v) is 20.3. The van der Waals surface area contributed by atoms with E-state index >= 15 is 0 Å². The van der Waals surface area contributed by atoms with Gasteiger partial charge in [0.05, 0.1) is 6.57 Å². The van der Waals surface area contributed by atoms with Crippen LogP contribution in [0.5, 0.6) is 0 Å². The van der Waals surface area contributed by atoms with Gasteiger partial charge in [-0.25, -0.2) is 4.85 Å². The van der Waals surface area contributed by atoms with Gasteiger partial charge < -0.3 is 24.5 Å². The van der Waals surface area contributed by atoms with Crippen molar-refractivity contribution in [3.63, 3.8) is 0 Å². The lowest BCUT2D eigenvalue weighted by atomic mass is 9.76. The van der Waals surface area contributed by atoms with Crippen LogP contribution in [0.2, 0.25) is 5.02 Å². The van der Waals surface area contributed by atoms with Crippen molar-refractivity contribution in [1.82, 2.24) is 20.0 Å². The second-order valence-corrected chi connectivity index (χ2v) is 17.0. The highest BCUT2D eigenvalue weighted by molar-refractivity contribution is 6.33. The molecule has 4 amide bonds. The number of halogens is 1. The van der Waals surface area contributed by atoms with Crippen LogP contribution in [0.25, 0.3) is 4.85 Å². The Kier molecular flexibility index (Phi) is 9.41. The van der Waals surface area contributed by atoms with Gasteiger partial charge in [-0.1, -0.05) is 17.7 Å². The molecule has 6 heterocycles. The molecule has 56 heavy (non-hydrogen) atoms. The van der Waals surface area contributed by atoms with Gasteiger partial charge in [0.15, 0.2) is 0 Å². The maximum Gasteiger partial charge on any atom is 0.255 e. The van der Waals surface area contributed by atoms with Crippen molar-refractivity contribution in [2.24, 2.45) is 5.41 Å². The van der Waals surface area contributed by atoms with Crippen molar-refractivity contribution in [2.45, 2.75) is 63.7 Å². The lowest BCUT2D eigenvalue weighted by Gasteiger charge is -2.49. The van der Waals surface area contributed by atoms with Gasteiger partial charge in [0.1, 0.15) is 6.04 Å². The van der Waals surface area contributed by atoms with Gasteiger partial charge in [0.25, 0.3) is 11.8 Å². The third kappa shape index (κ3) is 6.64. The van der Waals surface area contributed by atoms with E-state index < -0.39 is 11.9 Å². The molecule has 2 atom stereocenters. The highest BCUT2D eigenvalue weighted by atomic mass is 35.5. The maximum absolute atomic E-state index is 13.6. The second-order valence-electron chi connectivity index (χ2n) is 16.6. The van der Waals surface area contributed by atoms with Crippen molar-refractivity contribution in [3.8, 4) is 0 Å². The number of carbonyl (C=O) groups is 4. The highest BCUT2D eigenvalue weighted by Gasteiger charge is 2.45. The van der Waals surface area contributed by atoms with E-state index in [0.29, 0.717) is 54.4 Å². The summed E-state index contributed by atoms with van der Waals surface area (Å²) in [5.41, 5.74) is 6.39. The summed E-state index contributed by atoms with van der Waals surface area (Å²) in [4.78, 5) is 67.5. The van der Waals surface area contributed by atoms with Crippen LogP contribution in [0, 0.1) is 12.0 Å². The molecule has 290 valence electrons. The van der Waals surface area contributed by atoms with Crippen LogP contribution in [0.4, 0.5) is 22.7 Å². The standard InChI is InChI=1S/C43H47ClN8O4/c1-28-23-43(27-52(28)33-8-10-37(45-2)36(44)22-33)13-15-47(16-14-43)31-5-3-29(4-6-31)41(55)49-19-17-48(18-20-49)34-25-50(26-34)32-7-9-35-30(21-32)24-51(42(35)56)38-11-12-39(53)46-40(38)54/h3-10,21-22,28,34,38H,11-20,23-27H2,1H3,(H,46,53,54). The average Bonchev–Trinajstić information content (AvgIpc) is 3.69. The van der Waals surface area contributed by atoms with Gasteiger partial charge in [0.2, 0.25) is 17.5 Å². The van der Waals surface area contributed by atoms with Gasteiger partial charge in [-0.05, 0) is 98.2 Å². The Morgan fingerprint density at radius 2 is 1.57 bits per heavy atom. The number of carbonyl (C=O) groups excluding carboxylic acids is 4. The van der Waals surface area contributed by atoms with Crippen molar-refractivity contribution in [2.75, 3.05) is 73.6 Å². The van der Waals surface area contributed by atoms with E-state index in [1.165, 1.54) is 5.69 Å². The fraction of sp³-hybridized carbons (Fsp3) is 0.465. The molecule has 5 saturated heterocycles. The predicted octanol–water partition coefficient (Wildman–Crippen LogP) is 5.18. The molecule has 9 rings (SSSR count). The first kappa shape index (κ1) is 36.5. The second kappa shape index (κ2) is 14.4. The molecule has 13 heteroatoms. The summed E-state index contributed by atoms with van der Waals surface area (Å²) in [6.07, 6.45) is 3.98. The summed E-state index contributed by atoms with van der Waals surface area (Å²) in [5, 5.41) is 2.88. The van der Waals surface area contributed by atoms with Crippen LogP contribution in [0.3, 0.4) is 0 Å². The molecule has 0 aromatic heterocycles. The van der Waals surface area contributed by atoms with E-state index in [9.17, 15) is 19.2 Å². The van der Waals surface area contributed by atoms with Gasteiger partial charge in [-0.3, -0.25) is 29.4 Å². The highest BCUT2D eigenvalue weighted by Crippen LogP contribution is 2.46. The van der Waals surface area contributed by atoms with Gasteiger partial charge in [-0.2, -0.15) is 0 Å². The summed E-state index contributed by atoms with van der Waals surface area (Å²) in [6, 6.07) is 20.1.